The zero-order valence-corrected chi connectivity index (χ0v) is 20.6. The quantitative estimate of drug-likeness (QED) is 0.334. The largest absolute Gasteiger partial charge is 0.385 e. The first kappa shape index (κ1) is 25.4. The molecular formula is C24H33N7O3S. The fraction of sp³-hybridized carbons (Fsp3) is 0.500. The molecule has 188 valence electrons. The number of hydrogen-bond acceptors (Lipinski definition) is 9. The van der Waals surface area contributed by atoms with Crippen LogP contribution in [0.1, 0.15) is 65.6 Å². The molecule has 4 rings (SSSR count). The van der Waals surface area contributed by atoms with Crippen molar-refractivity contribution in [2.45, 2.75) is 61.1 Å². The number of amides is 2. The maximum atomic E-state index is 11.9. The van der Waals surface area contributed by atoms with Crippen molar-refractivity contribution in [3.05, 3.63) is 46.8 Å². The summed E-state index contributed by atoms with van der Waals surface area (Å²) in [5.74, 6) is -0.120. The zero-order valence-electron chi connectivity index (χ0n) is 19.8. The Morgan fingerprint density at radius 3 is 2.66 bits per heavy atom. The van der Waals surface area contributed by atoms with Crippen molar-refractivity contribution in [1.29, 1.82) is 0 Å². The molecular weight excluding hydrogens is 466 g/mol. The van der Waals surface area contributed by atoms with Gasteiger partial charge in [0.1, 0.15) is 27.9 Å². The second-order valence-electron chi connectivity index (χ2n) is 9.07. The minimum Gasteiger partial charge on any atom is -0.385 e. The van der Waals surface area contributed by atoms with Gasteiger partial charge in [-0.25, -0.2) is 9.97 Å². The van der Waals surface area contributed by atoms with Gasteiger partial charge in [0.05, 0.1) is 11.7 Å². The van der Waals surface area contributed by atoms with Crippen molar-refractivity contribution in [2.24, 2.45) is 17.2 Å². The van der Waals surface area contributed by atoms with Gasteiger partial charge in [0.25, 0.3) is 5.91 Å². The number of rotatable bonds is 9. The molecule has 3 unspecified atom stereocenters. The summed E-state index contributed by atoms with van der Waals surface area (Å²) in [5.41, 5.74) is 19.9. The van der Waals surface area contributed by atoms with Crippen LogP contribution in [0.15, 0.2) is 29.3 Å². The van der Waals surface area contributed by atoms with Crippen molar-refractivity contribution < 1.29 is 14.7 Å². The highest BCUT2D eigenvalue weighted by atomic mass is 32.2. The molecule has 2 aliphatic heterocycles. The number of piperidine rings is 1. The van der Waals surface area contributed by atoms with Crippen LogP contribution in [0.3, 0.4) is 0 Å². The van der Waals surface area contributed by atoms with Crippen molar-refractivity contribution in [2.75, 3.05) is 24.5 Å². The fourth-order valence-electron chi connectivity index (χ4n) is 4.70. The van der Waals surface area contributed by atoms with E-state index in [0.29, 0.717) is 12.2 Å². The number of nitrogens with one attached hydrogen (secondary N) is 1. The van der Waals surface area contributed by atoms with E-state index in [1.165, 1.54) is 17.8 Å². The summed E-state index contributed by atoms with van der Waals surface area (Å²) < 4.78 is 0. The second kappa shape index (κ2) is 10.9. The number of carbonyl (C=O) groups excluding carboxylic acids is 2. The van der Waals surface area contributed by atoms with Crippen molar-refractivity contribution >= 4 is 29.4 Å². The molecule has 11 heteroatoms. The smallest absolute Gasteiger partial charge is 0.267 e. The van der Waals surface area contributed by atoms with Crippen LogP contribution in [0.2, 0.25) is 0 Å². The number of nitrogens with zero attached hydrogens (tertiary/aromatic N) is 3. The Hall–Kier alpha value is -2.73. The third-order valence-electron chi connectivity index (χ3n) is 6.58. The molecule has 8 N–H and O–H groups in total. The Kier molecular flexibility index (Phi) is 7.90. The van der Waals surface area contributed by atoms with Crippen LogP contribution in [-0.4, -0.2) is 57.8 Å². The van der Waals surface area contributed by atoms with Gasteiger partial charge in [-0.05, 0) is 43.0 Å². The van der Waals surface area contributed by atoms with E-state index in [1.807, 2.05) is 0 Å². The van der Waals surface area contributed by atoms with Crippen LogP contribution >= 0.6 is 11.8 Å². The van der Waals surface area contributed by atoms with E-state index < -0.39 is 29.2 Å². The monoisotopic (exact) mass is 499 g/mol. The van der Waals surface area contributed by atoms with Crippen LogP contribution in [0, 0.1) is 0 Å². The van der Waals surface area contributed by atoms with Crippen LogP contribution < -0.4 is 27.4 Å². The molecule has 2 aromatic heterocycles. The number of hydrogen-bond donors (Lipinski definition) is 5. The number of nitrogens with two attached hydrogens (primary N) is 3. The molecule has 0 aromatic carbocycles. The van der Waals surface area contributed by atoms with Crippen LogP contribution in [0.5, 0.6) is 0 Å². The summed E-state index contributed by atoms with van der Waals surface area (Å²) in [6.07, 6.45) is 2.79. The highest BCUT2D eigenvalue weighted by molar-refractivity contribution is 8.01. The SMILES string of the molecule is CCCc1cc(N2CCC(NCC(O)c3cccc(C(N)=O)n3)CC2)nc2c1C(N)C(C(N)=O)S2. The summed E-state index contributed by atoms with van der Waals surface area (Å²) in [5, 5.41) is 14.2. The number of anilines is 1. The molecule has 0 radical (unpaired) electrons. The second-order valence-corrected chi connectivity index (χ2v) is 10.2. The summed E-state index contributed by atoms with van der Waals surface area (Å²) >= 11 is 1.37. The topological polar surface area (TPSA) is 173 Å². The van der Waals surface area contributed by atoms with Crippen LogP contribution in [0.4, 0.5) is 5.82 Å². The summed E-state index contributed by atoms with van der Waals surface area (Å²) in [6.45, 7) is 4.09. The molecule has 0 spiro atoms. The van der Waals surface area contributed by atoms with Gasteiger partial charge in [-0.15, -0.1) is 0 Å². The first-order valence-electron chi connectivity index (χ1n) is 12.0. The zero-order chi connectivity index (χ0) is 25.1. The lowest BCUT2D eigenvalue weighted by molar-refractivity contribution is -0.117. The number of aryl methyl sites for hydroxylation is 1. The van der Waals surface area contributed by atoms with E-state index >= 15 is 0 Å². The minimum atomic E-state index is -0.832. The number of fused-ring (bicyclic) bond motifs is 1. The van der Waals surface area contributed by atoms with E-state index in [0.717, 1.165) is 60.7 Å². The fourth-order valence-corrected chi connectivity index (χ4v) is 5.88. The highest BCUT2D eigenvalue weighted by Gasteiger charge is 2.38. The number of aliphatic hydroxyl groups excluding tert-OH is 1. The average Bonchev–Trinajstić information content (AvgIpc) is 3.20. The van der Waals surface area contributed by atoms with E-state index in [4.69, 9.17) is 22.2 Å². The molecule has 0 aliphatic carbocycles. The maximum absolute atomic E-state index is 11.9. The number of pyridine rings is 2. The first-order chi connectivity index (χ1) is 16.8. The molecule has 2 aromatic rings. The Labute approximate surface area is 209 Å². The van der Waals surface area contributed by atoms with Crippen molar-refractivity contribution in [3.8, 4) is 0 Å². The first-order valence-corrected chi connectivity index (χ1v) is 12.8. The number of carbonyl (C=O) groups is 2. The molecule has 10 nitrogen and oxygen atoms in total. The van der Waals surface area contributed by atoms with Crippen LogP contribution in [0.25, 0.3) is 0 Å². The normalized spacial score (nSPS) is 21.1. The van der Waals surface area contributed by atoms with Gasteiger partial charge in [0.2, 0.25) is 5.91 Å². The molecule has 0 bridgehead atoms. The lowest BCUT2D eigenvalue weighted by Gasteiger charge is -2.34. The van der Waals surface area contributed by atoms with Gasteiger partial charge < -0.3 is 32.5 Å². The molecule has 35 heavy (non-hydrogen) atoms. The third kappa shape index (κ3) is 5.58. The lowest BCUT2D eigenvalue weighted by Crippen LogP contribution is -2.44. The summed E-state index contributed by atoms with van der Waals surface area (Å²) in [4.78, 5) is 34.4. The van der Waals surface area contributed by atoms with E-state index in [1.54, 1.807) is 12.1 Å². The van der Waals surface area contributed by atoms with Gasteiger partial charge in [-0.2, -0.15) is 0 Å². The van der Waals surface area contributed by atoms with Crippen LogP contribution in [-0.2, 0) is 11.2 Å². The number of aliphatic hydroxyl groups is 1. The Morgan fingerprint density at radius 1 is 1.26 bits per heavy atom. The lowest BCUT2D eigenvalue weighted by atomic mass is 9.97. The Bertz CT molecular complexity index is 1090. The molecule has 1 saturated heterocycles. The average molecular weight is 500 g/mol. The number of thioether (sulfide) groups is 1. The maximum Gasteiger partial charge on any atom is 0.267 e. The Morgan fingerprint density at radius 2 is 2.00 bits per heavy atom. The highest BCUT2D eigenvalue weighted by Crippen LogP contribution is 2.45. The van der Waals surface area contributed by atoms with Crippen molar-refractivity contribution in [3.63, 3.8) is 0 Å². The summed E-state index contributed by atoms with van der Waals surface area (Å²) in [6, 6.07) is 6.81. The van der Waals surface area contributed by atoms with E-state index in [-0.39, 0.29) is 11.7 Å². The Balaban J connectivity index is 1.37. The molecule has 1 fully saturated rings. The summed E-state index contributed by atoms with van der Waals surface area (Å²) in [7, 11) is 0. The van der Waals surface area contributed by atoms with Gasteiger partial charge in [0, 0.05) is 31.2 Å². The van der Waals surface area contributed by atoms with Gasteiger partial charge in [-0.1, -0.05) is 31.2 Å². The van der Waals surface area contributed by atoms with Gasteiger partial charge in [-0.3, -0.25) is 9.59 Å². The molecule has 2 amide bonds. The van der Waals surface area contributed by atoms with E-state index in [2.05, 4.69) is 28.2 Å². The number of aromatic nitrogens is 2. The standard InChI is InChI=1S/C24H33N7O3S/c1-2-4-13-11-18(30-24-19(13)20(25)21(35-24)23(27)34)31-9-7-14(8-10-31)28-12-17(32)15-5-3-6-16(29-15)22(26)33/h3,5-6,11,14,17,20-21,28,32H,2,4,7-10,12,25H2,1H3,(H2,26,33)(H2,27,34). The van der Waals surface area contributed by atoms with Crippen molar-refractivity contribution in [1.82, 2.24) is 15.3 Å². The molecule has 3 atom stereocenters. The predicted octanol–water partition coefficient (Wildman–Crippen LogP) is 0.779. The minimum absolute atomic E-state index is 0.139. The predicted molar refractivity (Wildman–Crippen MR) is 135 cm³/mol. The molecule has 4 heterocycles. The van der Waals surface area contributed by atoms with Gasteiger partial charge in [0.15, 0.2) is 0 Å². The van der Waals surface area contributed by atoms with E-state index in [9.17, 15) is 14.7 Å². The molecule has 0 saturated carbocycles. The van der Waals surface area contributed by atoms with Gasteiger partial charge >= 0.3 is 0 Å². The molecule has 2 aliphatic rings. The number of primary amides is 2. The third-order valence-corrected chi connectivity index (χ3v) is 7.89.